The van der Waals surface area contributed by atoms with Gasteiger partial charge in [0.15, 0.2) is 0 Å². The molecule has 98 valence electrons. The number of unbranched alkanes of at least 4 members (excludes halogenated alkanes) is 1. The van der Waals surface area contributed by atoms with Crippen molar-refractivity contribution in [1.29, 1.82) is 0 Å². The maximum atomic E-state index is 2.35. The molecule has 0 N–H and O–H groups in total. The van der Waals surface area contributed by atoms with Crippen LogP contribution in [0.1, 0.15) is 65.7 Å². The SMILES string of the molecule is CCCCC(CCC(C)C)CCC1C=CC=C1. The summed E-state index contributed by atoms with van der Waals surface area (Å²) in [5, 5.41) is 0. The topological polar surface area (TPSA) is 0 Å². The highest BCUT2D eigenvalue weighted by Crippen LogP contribution is 2.26. The molecule has 0 aromatic rings. The van der Waals surface area contributed by atoms with Crippen LogP contribution in [0.4, 0.5) is 0 Å². The summed E-state index contributed by atoms with van der Waals surface area (Å²) in [6, 6.07) is 0. The summed E-state index contributed by atoms with van der Waals surface area (Å²) in [6.45, 7) is 7.00. The lowest BCUT2D eigenvalue weighted by Crippen LogP contribution is -2.05. The zero-order valence-electron chi connectivity index (χ0n) is 12.0. The van der Waals surface area contributed by atoms with E-state index in [9.17, 15) is 0 Å². The third kappa shape index (κ3) is 6.71. The Hall–Kier alpha value is -0.520. The molecule has 17 heavy (non-hydrogen) atoms. The zero-order chi connectivity index (χ0) is 12.5. The van der Waals surface area contributed by atoms with Gasteiger partial charge in [0.1, 0.15) is 0 Å². The lowest BCUT2D eigenvalue weighted by molar-refractivity contribution is 0.354. The highest BCUT2D eigenvalue weighted by atomic mass is 14.2. The first kappa shape index (κ1) is 14.5. The standard InChI is InChI=1S/C17H30/c1-4-5-8-17(12-11-15(2)3)14-13-16-9-6-7-10-16/h6-7,9-10,15-17H,4-5,8,11-14H2,1-3H3. The van der Waals surface area contributed by atoms with Crippen molar-refractivity contribution in [3.05, 3.63) is 24.3 Å². The monoisotopic (exact) mass is 234 g/mol. The van der Waals surface area contributed by atoms with Crippen molar-refractivity contribution in [3.63, 3.8) is 0 Å². The Balaban J connectivity index is 2.23. The third-order valence-corrected chi connectivity index (χ3v) is 3.85. The van der Waals surface area contributed by atoms with Crippen molar-refractivity contribution < 1.29 is 0 Å². The average Bonchev–Trinajstić information content (AvgIpc) is 2.80. The van der Waals surface area contributed by atoms with Crippen molar-refractivity contribution in [2.75, 3.05) is 0 Å². The quantitative estimate of drug-likeness (QED) is 0.476. The molecule has 1 rings (SSSR count). The lowest BCUT2D eigenvalue weighted by Gasteiger charge is -2.19. The van der Waals surface area contributed by atoms with E-state index in [-0.39, 0.29) is 0 Å². The minimum atomic E-state index is 0.734. The Bertz CT molecular complexity index is 222. The van der Waals surface area contributed by atoms with Gasteiger partial charge in [0, 0.05) is 0 Å². The molecule has 0 aliphatic heterocycles. The smallest absolute Gasteiger partial charge is 0.00472 e. The van der Waals surface area contributed by atoms with Gasteiger partial charge in [-0.25, -0.2) is 0 Å². The second-order valence-electron chi connectivity index (χ2n) is 5.99. The Labute approximate surface area is 108 Å². The fourth-order valence-electron chi connectivity index (χ4n) is 2.59. The van der Waals surface area contributed by atoms with Crippen LogP contribution in [0, 0.1) is 17.8 Å². The van der Waals surface area contributed by atoms with E-state index in [1.54, 1.807) is 0 Å². The first-order chi connectivity index (χ1) is 8.22. The molecule has 0 aromatic carbocycles. The van der Waals surface area contributed by atoms with E-state index >= 15 is 0 Å². The van der Waals surface area contributed by atoms with Crippen molar-refractivity contribution in [3.8, 4) is 0 Å². The molecule has 0 spiro atoms. The van der Waals surface area contributed by atoms with Crippen molar-refractivity contribution in [2.24, 2.45) is 17.8 Å². The second-order valence-corrected chi connectivity index (χ2v) is 5.99. The molecule has 0 nitrogen and oxygen atoms in total. The first-order valence-corrected chi connectivity index (χ1v) is 7.57. The van der Waals surface area contributed by atoms with Gasteiger partial charge in [0.25, 0.3) is 0 Å². The summed E-state index contributed by atoms with van der Waals surface area (Å²) in [6.07, 6.45) is 18.9. The first-order valence-electron chi connectivity index (χ1n) is 7.57. The zero-order valence-corrected chi connectivity index (χ0v) is 12.0. The van der Waals surface area contributed by atoms with Crippen molar-refractivity contribution in [2.45, 2.75) is 65.7 Å². The molecule has 0 amide bonds. The summed E-state index contributed by atoms with van der Waals surface area (Å²) in [7, 11) is 0. The molecule has 1 unspecified atom stereocenters. The molecule has 0 aromatic heterocycles. The molecule has 0 radical (unpaired) electrons. The molecular formula is C17H30. The lowest BCUT2D eigenvalue weighted by atomic mass is 9.87. The maximum Gasteiger partial charge on any atom is -0.00472 e. The predicted octanol–water partition coefficient (Wildman–Crippen LogP) is 5.75. The number of rotatable bonds is 9. The van der Waals surface area contributed by atoms with E-state index in [1.165, 1.54) is 44.9 Å². The van der Waals surface area contributed by atoms with Gasteiger partial charge in [-0.2, -0.15) is 0 Å². The van der Waals surface area contributed by atoms with Gasteiger partial charge >= 0.3 is 0 Å². The summed E-state index contributed by atoms with van der Waals surface area (Å²) >= 11 is 0. The van der Waals surface area contributed by atoms with Crippen LogP contribution < -0.4 is 0 Å². The van der Waals surface area contributed by atoms with Crippen LogP contribution in [0.15, 0.2) is 24.3 Å². The van der Waals surface area contributed by atoms with E-state index in [2.05, 4.69) is 45.1 Å². The van der Waals surface area contributed by atoms with E-state index < -0.39 is 0 Å². The molecule has 1 atom stereocenters. The van der Waals surface area contributed by atoms with Gasteiger partial charge < -0.3 is 0 Å². The Morgan fingerprint density at radius 1 is 0.941 bits per heavy atom. The molecule has 1 aliphatic carbocycles. The van der Waals surface area contributed by atoms with Crippen molar-refractivity contribution in [1.82, 2.24) is 0 Å². The van der Waals surface area contributed by atoms with Gasteiger partial charge in [-0.3, -0.25) is 0 Å². The largest absolute Gasteiger partial charge is 0.0776 e. The van der Waals surface area contributed by atoms with Crippen LogP contribution in [-0.4, -0.2) is 0 Å². The van der Waals surface area contributed by atoms with Gasteiger partial charge in [0.2, 0.25) is 0 Å². The average molecular weight is 234 g/mol. The molecule has 0 saturated heterocycles. The molecule has 0 fully saturated rings. The van der Waals surface area contributed by atoms with Crippen LogP contribution in [0.2, 0.25) is 0 Å². The van der Waals surface area contributed by atoms with E-state index in [0.717, 1.165) is 17.8 Å². The molecular weight excluding hydrogens is 204 g/mol. The number of hydrogen-bond donors (Lipinski definition) is 0. The maximum absolute atomic E-state index is 2.35. The highest BCUT2D eigenvalue weighted by molar-refractivity contribution is 5.17. The summed E-state index contributed by atoms with van der Waals surface area (Å²) in [5.41, 5.74) is 0. The van der Waals surface area contributed by atoms with E-state index in [0.29, 0.717) is 0 Å². The predicted molar refractivity (Wildman–Crippen MR) is 78.1 cm³/mol. The van der Waals surface area contributed by atoms with Crippen LogP contribution in [-0.2, 0) is 0 Å². The van der Waals surface area contributed by atoms with Gasteiger partial charge in [-0.1, -0.05) is 77.2 Å². The van der Waals surface area contributed by atoms with Crippen LogP contribution in [0.25, 0.3) is 0 Å². The molecule has 1 aliphatic rings. The fraction of sp³-hybridized carbons (Fsp3) is 0.765. The summed E-state index contributed by atoms with van der Waals surface area (Å²) < 4.78 is 0. The second kappa shape index (κ2) is 8.55. The minimum absolute atomic E-state index is 0.734. The number of allylic oxidation sites excluding steroid dienone is 4. The molecule has 0 heterocycles. The summed E-state index contributed by atoms with van der Waals surface area (Å²) in [5.74, 6) is 2.57. The Morgan fingerprint density at radius 3 is 2.24 bits per heavy atom. The molecule has 0 saturated carbocycles. The van der Waals surface area contributed by atoms with Gasteiger partial charge in [-0.05, 0) is 30.6 Å². The van der Waals surface area contributed by atoms with Gasteiger partial charge in [0.05, 0.1) is 0 Å². The molecule has 0 heteroatoms. The van der Waals surface area contributed by atoms with Crippen molar-refractivity contribution >= 4 is 0 Å². The van der Waals surface area contributed by atoms with Crippen LogP contribution in [0.5, 0.6) is 0 Å². The third-order valence-electron chi connectivity index (χ3n) is 3.85. The Morgan fingerprint density at radius 2 is 1.65 bits per heavy atom. The Kier molecular flexibility index (Phi) is 7.32. The fourth-order valence-corrected chi connectivity index (χ4v) is 2.59. The van der Waals surface area contributed by atoms with Gasteiger partial charge in [-0.15, -0.1) is 0 Å². The van der Waals surface area contributed by atoms with E-state index in [1.807, 2.05) is 0 Å². The summed E-state index contributed by atoms with van der Waals surface area (Å²) in [4.78, 5) is 0. The van der Waals surface area contributed by atoms with E-state index in [4.69, 9.17) is 0 Å². The molecule has 0 bridgehead atoms. The van der Waals surface area contributed by atoms with Crippen LogP contribution in [0.3, 0.4) is 0 Å². The minimum Gasteiger partial charge on any atom is -0.0776 e. The van der Waals surface area contributed by atoms with Crippen LogP contribution >= 0.6 is 0 Å². The number of hydrogen-bond acceptors (Lipinski definition) is 0. The highest BCUT2D eigenvalue weighted by Gasteiger charge is 2.12. The normalized spacial score (nSPS) is 17.2.